The Balaban J connectivity index is 0.00000182. The highest BCUT2D eigenvalue weighted by Gasteiger charge is 2.24. The van der Waals surface area contributed by atoms with Gasteiger partial charge in [0, 0.05) is 44.6 Å². The number of ether oxygens (including phenoxy) is 1. The Hall–Kier alpha value is -1.62. The summed E-state index contributed by atoms with van der Waals surface area (Å²) in [7, 11) is 0. The number of nitrogens with one attached hydrogen (secondary N) is 1. The molecule has 134 valence electrons. The van der Waals surface area contributed by atoms with E-state index in [-0.39, 0.29) is 12.4 Å². The summed E-state index contributed by atoms with van der Waals surface area (Å²) >= 11 is 0. The molecule has 1 atom stereocenters. The lowest BCUT2D eigenvalue weighted by atomic mass is 10.0. The smallest absolute Gasteiger partial charge is 0.119 e. The fourth-order valence-corrected chi connectivity index (χ4v) is 3.27. The SMILES string of the molecule is Cl.c1cc(C2CNCCN2Cc2ccc(OCC3CC3)cc2)ccn1. The van der Waals surface area contributed by atoms with Crippen LogP contribution in [0.2, 0.25) is 0 Å². The second-order valence-corrected chi connectivity index (χ2v) is 6.87. The minimum atomic E-state index is 0. The monoisotopic (exact) mass is 359 g/mol. The van der Waals surface area contributed by atoms with Gasteiger partial charge in [-0.15, -0.1) is 12.4 Å². The highest BCUT2D eigenvalue weighted by molar-refractivity contribution is 5.85. The molecule has 0 spiro atoms. The van der Waals surface area contributed by atoms with Crippen LogP contribution in [0.4, 0.5) is 0 Å². The maximum atomic E-state index is 5.83. The van der Waals surface area contributed by atoms with Crippen LogP contribution in [0.15, 0.2) is 48.8 Å². The van der Waals surface area contributed by atoms with Gasteiger partial charge in [0.25, 0.3) is 0 Å². The van der Waals surface area contributed by atoms with Gasteiger partial charge in [0.2, 0.25) is 0 Å². The van der Waals surface area contributed by atoms with Gasteiger partial charge < -0.3 is 10.1 Å². The second kappa shape index (κ2) is 8.65. The minimum Gasteiger partial charge on any atom is -0.493 e. The van der Waals surface area contributed by atoms with Crippen LogP contribution in [0.5, 0.6) is 5.75 Å². The summed E-state index contributed by atoms with van der Waals surface area (Å²) in [5.41, 5.74) is 2.68. The van der Waals surface area contributed by atoms with Gasteiger partial charge in [0.05, 0.1) is 6.61 Å². The molecule has 2 aromatic rings. The van der Waals surface area contributed by atoms with Crippen LogP contribution < -0.4 is 10.1 Å². The summed E-state index contributed by atoms with van der Waals surface area (Å²) in [5, 5.41) is 3.51. The molecule has 1 N–H and O–H groups in total. The summed E-state index contributed by atoms with van der Waals surface area (Å²) in [6.07, 6.45) is 6.43. The predicted molar refractivity (Wildman–Crippen MR) is 102 cm³/mol. The number of hydrogen-bond acceptors (Lipinski definition) is 4. The zero-order chi connectivity index (χ0) is 16.2. The van der Waals surface area contributed by atoms with Crippen LogP contribution in [0.3, 0.4) is 0 Å². The number of hydrogen-bond donors (Lipinski definition) is 1. The second-order valence-electron chi connectivity index (χ2n) is 6.87. The Morgan fingerprint density at radius 1 is 1.08 bits per heavy atom. The molecule has 1 saturated carbocycles. The molecular weight excluding hydrogens is 334 g/mol. The topological polar surface area (TPSA) is 37.4 Å². The van der Waals surface area contributed by atoms with Crippen molar-refractivity contribution in [3.63, 3.8) is 0 Å². The van der Waals surface area contributed by atoms with Gasteiger partial charge in [0.15, 0.2) is 0 Å². The maximum absolute atomic E-state index is 5.83. The molecule has 1 aromatic carbocycles. The van der Waals surface area contributed by atoms with Crippen molar-refractivity contribution in [2.24, 2.45) is 5.92 Å². The summed E-state index contributed by atoms with van der Waals surface area (Å²) in [6, 6.07) is 13.3. The zero-order valence-electron chi connectivity index (χ0n) is 14.4. The summed E-state index contributed by atoms with van der Waals surface area (Å²) < 4.78 is 5.83. The number of aromatic nitrogens is 1. The molecule has 2 aliphatic rings. The number of halogens is 1. The first kappa shape index (κ1) is 18.2. The van der Waals surface area contributed by atoms with Gasteiger partial charge in [-0.1, -0.05) is 12.1 Å². The third-order valence-corrected chi connectivity index (χ3v) is 4.94. The van der Waals surface area contributed by atoms with Crippen LogP contribution in [0, 0.1) is 5.92 Å². The van der Waals surface area contributed by atoms with Crippen molar-refractivity contribution in [1.82, 2.24) is 15.2 Å². The minimum absolute atomic E-state index is 0. The average molecular weight is 360 g/mol. The predicted octanol–water partition coefficient (Wildman–Crippen LogP) is 3.44. The van der Waals surface area contributed by atoms with E-state index >= 15 is 0 Å². The fourth-order valence-electron chi connectivity index (χ4n) is 3.27. The first-order chi connectivity index (χ1) is 11.9. The van der Waals surface area contributed by atoms with Crippen molar-refractivity contribution >= 4 is 12.4 Å². The quantitative estimate of drug-likeness (QED) is 0.857. The van der Waals surface area contributed by atoms with E-state index in [9.17, 15) is 0 Å². The fraction of sp³-hybridized carbons (Fsp3) is 0.450. The standard InChI is InChI=1S/C20H25N3O.ClH/c1-2-17(1)15-24-19-5-3-16(4-6-19)14-23-12-11-22-13-20(23)18-7-9-21-10-8-18;/h3-10,17,20,22H,1-2,11-15H2;1H. The lowest BCUT2D eigenvalue weighted by Crippen LogP contribution is -2.45. The van der Waals surface area contributed by atoms with E-state index in [0.29, 0.717) is 6.04 Å². The third kappa shape index (κ3) is 4.94. The average Bonchev–Trinajstić information content (AvgIpc) is 3.47. The Bertz CT molecular complexity index is 646. The molecule has 25 heavy (non-hydrogen) atoms. The van der Waals surface area contributed by atoms with E-state index in [2.05, 4.69) is 51.6 Å². The van der Waals surface area contributed by atoms with Gasteiger partial charge >= 0.3 is 0 Å². The normalized spacial score (nSPS) is 20.7. The molecule has 2 heterocycles. The van der Waals surface area contributed by atoms with Crippen molar-refractivity contribution in [3.05, 3.63) is 59.9 Å². The van der Waals surface area contributed by atoms with E-state index in [1.807, 2.05) is 12.4 Å². The number of nitrogens with zero attached hydrogens (tertiary/aromatic N) is 2. The molecule has 5 heteroatoms. The molecule has 1 unspecified atom stereocenters. The van der Waals surface area contributed by atoms with Gasteiger partial charge in [-0.2, -0.15) is 0 Å². The van der Waals surface area contributed by atoms with Crippen LogP contribution in [-0.4, -0.2) is 36.1 Å². The van der Waals surface area contributed by atoms with Crippen LogP contribution in [0.1, 0.15) is 30.0 Å². The Morgan fingerprint density at radius 3 is 2.56 bits per heavy atom. The number of pyridine rings is 1. The molecule has 4 nitrogen and oxygen atoms in total. The highest BCUT2D eigenvalue weighted by Crippen LogP contribution is 2.30. The van der Waals surface area contributed by atoms with Crippen LogP contribution in [-0.2, 0) is 6.54 Å². The first-order valence-electron chi connectivity index (χ1n) is 8.95. The van der Waals surface area contributed by atoms with Gasteiger partial charge in [-0.3, -0.25) is 9.88 Å². The van der Waals surface area contributed by atoms with E-state index in [1.54, 1.807) is 0 Å². The summed E-state index contributed by atoms with van der Waals surface area (Å²) in [6.45, 7) is 4.95. The lowest BCUT2D eigenvalue weighted by molar-refractivity contribution is 0.153. The van der Waals surface area contributed by atoms with Crippen molar-refractivity contribution in [2.45, 2.75) is 25.4 Å². The van der Waals surface area contributed by atoms with Crippen molar-refractivity contribution in [1.29, 1.82) is 0 Å². The zero-order valence-corrected chi connectivity index (χ0v) is 15.3. The van der Waals surface area contributed by atoms with Crippen molar-refractivity contribution in [3.8, 4) is 5.75 Å². The summed E-state index contributed by atoms with van der Waals surface area (Å²) in [5.74, 6) is 1.79. The number of benzene rings is 1. The van der Waals surface area contributed by atoms with Crippen molar-refractivity contribution < 1.29 is 4.74 Å². The number of piperazine rings is 1. The molecule has 0 bridgehead atoms. The van der Waals surface area contributed by atoms with E-state index in [0.717, 1.165) is 44.5 Å². The molecule has 2 fully saturated rings. The van der Waals surface area contributed by atoms with Gasteiger partial charge in [0.1, 0.15) is 5.75 Å². The molecule has 0 amide bonds. The maximum Gasteiger partial charge on any atom is 0.119 e. The first-order valence-corrected chi connectivity index (χ1v) is 8.95. The summed E-state index contributed by atoms with van der Waals surface area (Å²) in [4.78, 5) is 6.69. The number of rotatable bonds is 6. The van der Waals surface area contributed by atoms with Crippen molar-refractivity contribution in [2.75, 3.05) is 26.2 Å². The molecule has 1 aromatic heterocycles. The molecular formula is C20H26ClN3O. The Kier molecular flexibility index (Phi) is 6.29. The molecule has 4 rings (SSSR count). The molecule has 0 radical (unpaired) electrons. The van der Waals surface area contributed by atoms with E-state index in [1.165, 1.54) is 24.0 Å². The van der Waals surface area contributed by atoms with E-state index in [4.69, 9.17) is 4.74 Å². The van der Waals surface area contributed by atoms with Crippen LogP contribution in [0.25, 0.3) is 0 Å². The molecule has 1 saturated heterocycles. The Labute approximate surface area is 156 Å². The lowest BCUT2D eigenvalue weighted by Gasteiger charge is -2.36. The molecule has 1 aliphatic heterocycles. The molecule has 1 aliphatic carbocycles. The van der Waals surface area contributed by atoms with E-state index < -0.39 is 0 Å². The van der Waals surface area contributed by atoms with Crippen LogP contribution >= 0.6 is 12.4 Å². The van der Waals surface area contributed by atoms with Gasteiger partial charge in [-0.25, -0.2) is 0 Å². The largest absolute Gasteiger partial charge is 0.493 e. The highest BCUT2D eigenvalue weighted by atomic mass is 35.5. The third-order valence-electron chi connectivity index (χ3n) is 4.94. The van der Waals surface area contributed by atoms with Gasteiger partial charge in [-0.05, 0) is 54.2 Å². The Morgan fingerprint density at radius 2 is 1.84 bits per heavy atom.